The fourth-order valence-corrected chi connectivity index (χ4v) is 2.10. The lowest BCUT2D eigenvalue weighted by Crippen LogP contribution is -2.10. The normalized spacial score (nSPS) is 10.7. The Hall–Kier alpha value is -2.30. The van der Waals surface area contributed by atoms with Crippen molar-refractivity contribution in [3.8, 4) is 11.4 Å². The summed E-state index contributed by atoms with van der Waals surface area (Å²) in [6.45, 7) is 7.84. The lowest BCUT2D eigenvalue weighted by Gasteiger charge is -2.17. The molecule has 106 valence electrons. The molecule has 20 heavy (non-hydrogen) atoms. The van der Waals surface area contributed by atoms with Gasteiger partial charge in [0.25, 0.3) is 0 Å². The van der Waals surface area contributed by atoms with E-state index < -0.39 is 0 Å². The van der Waals surface area contributed by atoms with Gasteiger partial charge >= 0.3 is 0 Å². The summed E-state index contributed by atoms with van der Waals surface area (Å²) >= 11 is 0. The van der Waals surface area contributed by atoms with E-state index in [1.807, 2.05) is 50.6 Å². The number of anilines is 1. The van der Waals surface area contributed by atoms with Gasteiger partial charge in [-0.25, -0.2) is 4.98 Å². The molecule has 2 aromatic rings. The molecule has 0 atom stereocenters. The second-order valence-electron chi connectivity index (χ2n) is 4.91. The van der Waals surface area contributed by atoms with E-state index in [1.54, 1.807) is 6.20 Å². The number of benzene rings is 1. The van der Waals surface area contributed by atoms with Crippen LogP contribution in [0, 0.1) is 13.8 Å². The van der Waals surface area contributed by atoms with Crippen LogP contribution in [0.15, 0.2) is 24.5 Å². The number of amides is 1. The third-order valence-corrected chi connectivity index (χ3v) is 2.96. The summed E-state index contributed by atoms with van der Waals surface area (Å²) in [7, 11) is 0. The molecule has 1 heterocycles. The SMILES string of the molecule is Cc1cc(NC=O)c(OC(C)C)cc1-n1ccnc1C. The average molecular weight is 273 g/mol. The number of aryl methyl sites for hydroxylation is 2. The standard InChI is InChI=1S/C15H19N3O2/c1-10(2)20-15-8-14(18-6-5-16-12(18)4)11(3)7-13(15)17-9-19/h5-10H,1-4H3,(H,17,19). The van der Waals surface area contributed by atoms with Crippen LogP contribution in [0.4, 0.5) is 5.69 Å². The first-order valence-electron chi connectivity index (χ1n) is 6.54. The minimum absolute atomic E-state index is 0.0293. The van der Waals surface area contributed by atoms with Crippen molar-refractivity contribution in [2.24, 2.45) is 0 Å². The summed E-state index contributed by atoms with van der Waals surface area (Å²) in [5.41, 5.74) is 2.70. The van der Waals surface area contributed by atoms with Crippen LogP contribution in [0.3, 0.4) is 0 Å². The molecule has 0 unspecified atom stereocenters. The lowest BCUT2D eigenvalue weighted by molar-refractivity contribution is -0.105. The molecule has 5 nitrogen and oxygen atoms in total. The van der Waals surface area contributed by atoms with E-state index in [2.05, 4.69) is 10.3 Å². The molecule has 0 aliphatic carbocycles. The molecular weight excluding hydrogens is 254 g/mol. The summed E-state index contributed by atoms with van der Waals surface area (Å²) < 4.78 is 7.77. The maximum Gasteiger partial charge on any atom is 0.211 e. The Labute approximate surface area is 118 Å². The monoisotopic (exact) mass is 273 g/mol. The van der Waals surface area contributed by atoms with E-state index in [1.165, 1.54) is 0 Å². The average Bonchev–Trinajstić information content (AvgIpc) is 2.78. The highest BCUT2D eigenvalue weighted by atomic mass is 16.5. The molecule has 0 saturated heterocycles. The minimum atomic E-state index is 0.0293. The van der Waals surface area contributed by atoms with Crippen molar-refractivity contribution in [3.63, 3.8) is 0 Å². The van der Waals surface area contributed by atoms with Gasteiger partial charge in [0, 0.05) is 18.5 Å². The van der Waals surface area contributed by atoms with Crippen molar-refractivity contribution in [1.82, 2.24) is 9.55 Å². The molecule has 0 radical (unpaired) electrons. The van der Waals surface area contributed by atoms with Gasteiger partial charge in [0.1, 0.15) is 11.6 Å². The van der Waals surface area contributed by atoms with Gasteiger partial charge in [0.2, 0.25) is 6.41 Å². The van der Waals surface area contributed by atoms with Crippen molar-refractivity contribution in [3.05, 3.63) is 35.9 Å². The number of rotatable bonds is 5. The summed E-state index contributed by atoms with van der Waals surface area (Å²) in [5.74, 6) is 1.56. The van der Waals surface area contributed by atoms with Crippen LogP contribution in [0.25, 0.3) is 5.69 Å². The van der Waals surface area contributed by atoms with Crippen molar-refractivity contribution >= 4 is 12.1 Å². The van der Waals surface area contributed by atoms with E-state index in [-0.39, 0.29) is 6.10 Å². The molecule has 0 aliphatic rings. The second kappa shape index (κ2) is 5.77. The Balaban J connectivity index is 2.54. The number of nitrogens with zero attached hydrogens (tertiary/aromatic N) is 2. The Kier molecular flexibility index (Phi) is 4.08. The van der Waals surface area contributed by atoms with Crippen LogP contribution in [0.5, 0.6) is 5.75 Å². The predicted molar refractivity (Wildman–Crippen MR) is 78.5 cm³/mol. The molecule has 1 amide bonds. The van der Waals surface area contributed by atoms with Gasteiger partial charge in [-0.2, -0.15) is 0 Å². The first-order valence-corrected chi connectivity index (χ1v) is 6.54. The van der Waals surface area contributed by atoms with Crippen LogP contribution in [-0.4, -0.2) is 22.1 Å². The third-order valence-electron chi connectivity index (χ3n) is 2.96. The number of ether oxygens (including phenoxy) is 1. The summed E-state index contributed by atoms with van der Waals surface area (Å²) in [5, 5.41) is 2.68. The number of hydrogen-bond donors (Lipinski definition) is 1. The van der Waals surface area contributed by atoms with Gasteiger partial charge in [-0.05, 0) is 39.3 Å². The zero-order valence-corrected chi connectivity index (χ0v) is 12.2. The lowest BCUT2D eigenvalue weighted by atomic mass is 10.1. The molecule has 1 aromatic heterocycles. The summed E-state index contributed by atoms with van der Waals surface area (Å²) in [6, 6.07) is 3.83. The second-order valence-corrected chi connectivity index (χ2v) is 4.91. The number of carbonyl (C=O) groups is 1. The Morgan fingerprint density at radius 2 is 2.10 bits per heavy atom. The molecule has 1 aromatic carbocycles. The molecule has 0 spiro atoms. The molecule has 0 bridgehead atoms. The fourth-order valence-electron chi connectivity index (χ4n) is 2.10. The van der Waals surface area contributed by atoms with Gasteiger partial charge in [-0.3, -0.25) is 4.79 Å². The maximum atomic E-state index is 10.7. The largest absolute Gasteiger partial charge is 0.489 e. The summed E-state index contributed by atoms with van der Waals surface area (Å²) in [4.78, 5) is 14.9. The predicted octanol–water partition coefficient (Wildman–Crippen LogP) is 2.84. The van der Waals surface area contributed by atoms with Gasteiger partial charge in [-0.1, -0.05) is 0 Å². The minimum Gasteiger partial charge on any atom is -0.489 e. The quantitative estimate of drug-likeness (QED) is 0.852. The van der Waals surface area contributed by atoms with E-state index >= 15 is 0 Å². The molecule has 0 saturated carbocycles. The summed E-state index contributed by atoms with van der Waals surface area (Å²) in [6.07, 6.45) is 4.35. The molecule has 5 heteroatoms. The molecule has 0 aliphatic heterocycles. The first-order chi connectivity index (χ1) is 9.52. The zero-order chi connectivity index (χ0) is 14.7. The number of nitrogens with one attached hydrogen (secondary N) is 1. The number of aromatic nitrogens is 2. The molecule has 0 fully saturated rings. The van der Waals surface area contributed by atoms with Crippen molar-refractivity contribution < 1.29 is 9.53 Å². The van der Waals surface area contributed by atoms with E-state index in [0.29, 0.717) is 17.8 Å². The third kappa shape index (κ3) is 2.82. The van der Waals surface area contributed by atoms with Crippen LogP contribution >= 0.6 is 0 Å². The van der Waals surface area contributed by atoms with E-state index in [9.17, 15) is 4.79 Å². The number of hydrogen-bond acceptors (Lipinski definition) is 3. The Bertz CT molecular complexity index is 618. The number of imidazole rings is 1. The highest BCUT2D eigenvalue weighted by molar-refractivity contribution is 5.77. The fraction of sp³-hybridized carbons (Fsp3) is 0.333. The zero-order valence-electron chi connectivity index (χ0n) is 12.2. The van der Waals surface area contributed by atoms with Gasteiger partial charge < -0.3 is 14.6 Å². The smallest absolute Gasteiger partial charge is 0.211 e. The Morgan fingerprint density at radius 3 is 2.65 bits per heavy atom. The van der Waals surface area contributed by atoms with Gasteiger partial charge in [-0.15, -0.1) is 0 Å². The van der Waals surface area contributed by atoms with Crippen LogP contribution in [0.1, 0.15) is 25.2 Å². The van der Waals surface area contributed by atoms with Crippen molar-refractivity contribution in [2.75, 3.05) is 5.32 Å². The Morgan fingerprint density at radius 1 is 1.35 bits per heavy atom. The van der Waals surface area contributed by atoms with E-state index in [0.717, 1.165) is 17.1 Å². The highest BCUT2D eigenvalue weighted by Crippen LogP contribution is 2.31. The number of carbonyl (C=O) groups excluding carboxylic acids is 1. The first kappa shape index (κ1) is 14.1. The van der Waals surface area contributed by atoms with E-state index in [4.69, 9.17) is 4.74 Å². The van der Waals surface area contributed by atoms with Crippen LogP contribution in [-0.2, 0) is 4.79 Å². The molecule has 1 N–H and O–H groups in total. The van der Waals surface area contributed by atoms with Crippen molar-refractivity contribution in [2.45, 2.75) is 33.8 Å². The van der Waals surface area contributed by atoms with Gasteiger partial charge in [0.05, 0.1) is 17.5 Å². The van der Waals surface area contributed by atoms with Crippen molar-refractivity contribution in [1.29, 1.82) is 0 Å². The van der Waals surface area contributed by atoms with Gasteiger partial charge in [0.15, 0.2) is 0 Å². The maximum absolute atomic E-state index is 10.7. The molecule has 2 rings (SSSR count). The topological polar surface area (TPSA) is 56.1 Å². The van der Waals surface area contributed by atoms with Crippen LogP contribution < -0.4 is 10.1 Å². The molecular formula is C15H19N3O2. The van der Waals surface area contributed by atoms with Crippen LogP contribution in [0.2, 0.25) is 0 Å². The highest BCUT2D eigenvalue weighted by Gasteiger charge is 2.12.